The molecule has 0 saturated heterocycles. The van der Waals surface area contributed by atoms with Crippen LogP contribution in [0, 0.1) is 0 Å². The predicted octanol–water partition coefficient (Wildman–Crippen LogP) is 5.00. The zero-order valence-electron chi connectivity index (χ0n) is 12.1. The van der Waals surface area contributed by atoms with Gasteiger partial charge in [-0.15, -0.1) is 22.7 Å². The lowest BCUT2D eigenvalue weighted by atomic mass is 10.2. The van der Waals surface area contributed by atoms with E-state index in [-0.39, 0.29) is 12.6 Å². The minimum atomic E-state index is -0.324. The summed E-state index contributed by atoms with van der Waals surface area (Å²) in [6.45, 7) is 0.156. The Morgan fingerprint density at radius 2 is 2.17 bits per heavy atom. The van der Waals surface area contributed by atoms with Crippen LogP contribution >= 0.6 is 38.6 Å². The summed E-state index contributed by atoms with van der Waals surface area (Å²) in [5.41, 5.74) is 1.62. The van der Waals surface area contributed by atoms with Gasteiger partial charge in [-0.1, -0.05) is 22.0 Å². The third kappa shape index (κ3) is 3.80. The largest absolute Gasteiger partial charge is 0.496 e. The van der Waals surface area contributed by atoms with Gasteiger partial charge >= 0.3 is 5.97 Å². The number of nitrogens with zero attached hydrogens (tertiary/aromatic N) is 1. The Bertz CT molecular complexity index is 815. The third-order valence-electron chi connectivity index (χ3n) is 3.02. The smallest absolute Gasteiger partial charge is 0.348 e. The molecule has 0 aliphatic carbocycles. The highest BCUT2D eigenvalue weighted by molar-refractivity contribution is 9.10. The van der Waals surface area contributed by atoms with Crippen LogP contribution in [0.5, 0.6) is 5.75 Å². The molecule has 0 aliphatic heterocycles. The fourth-order valence-electron chi connectivity index (χ4n) is 1.95. The standard InChI is InChI=1S/C16H12BrNO3S2/c1-20-13-5-4-10(17)7-12(13)15-18-11(9-23-15)8-21-16(19)14-3-2-6-22-14/h2-7,9H,8H2,1H3. The van der Waals surface area contributed by atoms with Crippen molar-refractivity contribution in [2.24, 2.45) is 0 Å². The van der Waals surface area contributed by atoms with Gasteiger partial charge in [0.2, 0.25) is 0 Å². The van der Waals surface area contributed by atoms with Crippen molar-refractivity contribution in [2.45, 2.75) is 6.61 Å². The van der Waals surface area contributed by atoms with Crippen molar-refractivity contribution < 1.29 is 14.3 Å². The van der Waals surface area contributed by atoms with E-state index in [1.165, 1.54) is 22.7 Å². The van der Waals surface area contributed by atoms with E-state index in [1.807, 2.05) is 35.0 Å². The molecule has 1 aromatic carbocycles. The van der Waals surface area contributed by atoms with Crippen molar-refractivity contribution in [1.82, 2.24) is 4.98 Å². The normalized spacial score (nSPS) is 10.5. The van der Waals surface area contributed by atoms with Crippen molar-refractivity contribution in [3.63, 3.8) is 0 Å². The average molecular weight is 410 g/mol. The number of thiophene rings is 1. The second kappa shape index (κ2) is 7.25. The molecule has 0 amide bonds. The number of carbonyl (C=O) groups is 1. The first-order chi connectivity index (χ1) is 11.2. The molecular formula is C16H12BrNO3S2. The molecular weight excluding hydrogens is 398 g/mol. The summed E-state index contributed by atoms with van der Waals surface area (Å²) in [4.78, 5) is 17.0. The zero-order chi connectivity index (χ0) is 16.2. The molecule has 0 fully saturated rings. The second-order valence-electron chi connectivity index (χ2n) is 4.54. The Balaban J connectivity index is 1.73. The predicted molar refractivity (Wildman–Crippen MR) is 95.2 cm³/mol. The Morgan fingerprint density at radius 1 is 1.30 bits per heavy atom. The third-order valence-corrected chi connectivity index (χ3v) is 5.28. The highest BCUT2D eigenvalue weighted by Crippen LogP contribution is 2.34. The lowest BCUT2D eigenvalue weighted by Crippen LogP contribution is -2.03. The number of hydrogen-bond acceptors (Lipinski definition) is 6. The SMILES string of the molecule is COc1ccc(Br)cc1-c1nc(COC(=O)c2cccs2)cs1. The van der Waals surface area contributed by atoms with E-state index in [0.29, 0.717) is 4.88 Å². The van der Waals surface area contributed by atoms with Crippen LogP contribution in [-0.4, -0.2) is 18.1 Å². The van der Waals surface area contributed by atoms with Gasteiger partial charge in [-0.25, -0.2) is 9.78 Å². The van der Waals surface area contributed by atoms with Crippen LogP contribution in [0.3, 0.4) is 0 Å². The van der Waals surface area contributed by atoms with Crippen LogP contribution in [0.1, 0.15) is 15.4 Å². The first-order valence-corrected chi connectivity index (χ1v) is 9.21. The van der Waals surface area contributed by atoms with Crippen LogP contribution in [0.25, 0.3) is 10.6 Å². The van der Waals surface area contributed by atoms with E-state index in [4.69, 9.17) is 9.47 Å². The van der Waals surface area contributed by atoms with Gasteiger partial charge in [0.05, 0.1) is 18.4 Å². The molecule has 23 heavy (non-hydrogen) atoms. The number of carbonyl (C=O) groups excluding carboxylic acids is 1. The molecule has 0 N–H and O–H groups in total. The summed E-state index contributed by atoms with van der Waals surface area (Å²) in [5, 5.41) is 4.55. The molecule has 2 heterocycles. The highest BCUT2D eigenvalue weighted by atomic mass is 79.9. The molecule has 4 nitrogen and oxygen atoms in total. The van der Waals surface area contributed by atoms with Crippen molar-refractivity contribution >= 4 is 44.6 Å². The number of thiazole rings is 1. The quantitative estimate of drug-likeness (QED) is 0.556. The number of aromatic nitrogens is 1. The summed E-state index contributed by atoms with van der Waals surface area (Å²) in [6.07, 6.45) is 0. The van der Waals surface area contributed by atoms with Crippen LogP contribution in [-0.2, 0) is 11.3 Å². The van der Waals surface area contributed by atoms with Crippen molar-refractivity contribution in [3.8, 4) is 16.3 Å². The minimum Gasteiger partial charge on any atom is -0.496 e. The number of esters is 1. The lowest BCUT2D eigenvalue weighted by Gasteiger charge is -2.06. The van der Waals surface area contributed by atoms with Crippen molar-refractivity contribution in [2.75, 3.05) is 7.11 Å². The van der Waals surface area contributed by atoms with Gasteiger partial charge in [0.25, 0.3) is 0 Å². The van der Waals surface area contributed by atoms with Crippen molar-refractivity contribution in [3.05, 3.63) is 56.1 Å². The highest BCUT2D eigenvalue weighted by Gasteiger charge is 2.13. The molecule has 0 aliphatic rings. The molecule has 0 atom stereocenters. The molecule has 0 radical (unpaired) electrons. The molecule has 7 heteroatoms. The van der Waals surface area contributed by atoms with E-state index >= 15 is 0 Å². The minimum absolute atomic E-state index is 0.156. The Morgan fingerprint density at radius 3 is 2.91 bits per heavy atom. The van der Waals surface area contributed by atoms with E-state index in [9.17, 15) is 4.79 Å². The number of ether oxygens (including phenoxy) is 2. The first kappa shape index (κ1) is 16.2. The van der Waals surface area contributed by atoms with Crippen LogP contribution < -0.4 is 4.74 Å². The number of halogens is 1. The maximum atomic E-state index is 11.8. The van der Waals surface area contributed by atoms with Gasteiger partial charge in [0.1, 0.15) is 22.2 Å². The van der Waals surface area contributed by atoms with Gasteiger partial charge in [-0.3, -0.25) is 0 Å². The lowest BCUT2D eigenvalue weighted by molar-refractivity contribution is 0.0474. The summed E-state index contributed by atoms with van der Waals surface area (Å²) < 4.78 is 11.6. The first-order valence-electron chi connectivity index (χ1n) is 6.66. The van der Waals surface area contributed by atoms with Crippen LogP contribution in [0.2, 0.25) is 0 Å². The maximum absolute atomic E-state index is 11.8. The molecule has 3 rings (SSSR count). The molecule has 0 spiro atoms. The number of rotatable bonds is 5. The maximum Gasteiger partial charge on any atom is 0.348 e. The van der Waals surface area contributed by atoms with Crippen LogP contribution in [0.4, 0.5) is 0 Å². The second-order valence-corrected chi connectivity index (χ2v) is 7.26. The molecule has 118 valence electrons. The summed E-state index contributed by atoms with van der Waals surface area (Å²) in [7, 11) is 1.63. The molecule has 0 unspecified atom stereocenters. The fraction of sp³-hybridized carbons (Fsp3) is 0.125. The summed E-state index contributed by atoms with van der Waals surface area (Å²) in [5.74, 6) is 0.430. The molecule has 3 aromatic rings. The molecule has 2 aromatic heterocycles. The van der Waals surface area contributed by atoms with Gasteiger partial charge in [-0.05, 0) is 29.6 Å². The zero-order valence-corrected chi connectivity index (χ0v) is 15.3. The summed E-state index contributed by atoms with van der Waals surface area (Å²) in [6, 6.07) is 9.32. The van der Waals surface area contributed by atoms with Crippen molar-refractivity contribution in [1.29, 1.82) is 0 Å². The van der Waals surface area contributed by atoms with E-state index < -0.39 is 0 Å². The number of benzene rings is 1. The van der Waals surface area contributed by atoms with Gasteiger partial charge in [-0.2, -0.15) is 0 Å². The monoisotopic (exact) mass is 409 g/mol. The fourth-order valence-corrected chi connectivity index (χ4v) is 3.75. The Kier molecular flexibility index (Phi) is 5.09. The van der Waals surface area contributed by atoms with Gasteiger partial charge in [0, 0.05) is 9.85 Å². The van der Waals surface area contributed by atoms with Gasteiger partial charge < -0.3 is 9.47 Å². The topological polar surface area (TPSA) is 48.4 Å². The molecule has 0 bridgehead atoms. The van der Waals surface area contributed by atoms with E-state index in [1.54, 1.807) is 13.2 Å². The Labute approximate surface area is 149 Å². The average Bonchev–Trinajstić information content (AvgIpc) is 3.24. The van der Waals surface area contributed by atoms with Gasteiger partial charge in [0.15, 0.2) is 0 Å². The Hall–Kier alpha value is -1.70. The molecule has 0 saturated carbocycles. The van der Waals surface area contributed by atoms with E-state index in [2.05, 4.69) is 20.9 Å². The summed E-state index contributed by atoms with van der Waals surface area (Å²) >= 11 is 6.30. The van der Waals surface area contributed by atoms with Crippen LogP contribution in [0.15, 0.2) is 45.6 Å². The number of hydrogen-bond donors (Lipinski definition) is 0. The van der Waals surface area contributed by atoms with E-state index in [0.717, 1.165) is 26.5 Å². The number of methoxy groups -OCH3 is 1.